The lowest BCUT2D eigenvalue weighted by atomic mass is 10.1. The molecule has 0 bridgehead atoms. The van der Waals surface area contributed by atoms with Crippen molar-refractivity contribution >= 4 is 11.9 Å². The molecule has 202 valence electrons. The summed E-state index contributed by atoms with van der Waals surface area (Å²) in [5, 5.41) is 0. The normalized spacial score (nSPS) is 11.9. The third-order valence-corrected chi connectivity index (χ3v) is 5.54. The van der Waals surface area contributed by atoms with Gasteiger partial charge < -0.3 is 30.4 Å². The Balaban J connectivity index is 1.52. The van der Waals surface area contributed by atoms with Crippen LogP contribution in [0.1, 0.15) is 36.8 Å². The summed E-state index contributed by atoms with van der Waals surface area (Å²) in [7, 11) is 0. The van der Waals surface area contributed by atoms with Gasteiger partial charge >= 0.3 is 11.9 Å². The van der Waals surface area contributed by atoms with Crippen LogP contribution in [0, 0.1) is 24.7 Å². The van der Waals surface area contributed by atoms with Gasteiger partial charge in [-0.2, -0.15) is 0 Å². The van der Waals surface area contributed by atoms with Gasteiger partial charge in [0.15, 0.2) is 0 Å². The molecule has 2 atom stereocenters. The summed E-state index contributed by atoms with van der Waals surface area (Å²) in [6.45, 7) is 0.989. The molecule has 0 spiro atoms. The van der Waals surface area contributed by atoms with Gasteiger partial charge in [-0.3, -0.25) is 9.59 Å². The number of unbranched alkanes of at least 4 members (excludes halogenated alkanes) is 3. The fraction of sp³-hybridized carbons (Fsp3) is 0.400. The molecule has 38 heavy (non-hydrogen) atoms. The van der Waals surface area contributed by atoms with Gasteiger partial charge in [0, 0.05) is 0 Å². The zero-order chi connectivity index (χ0) is 27.6. The largest absolute Gasteiger partial charge is 0.481 e. The highest BCUT2D eigenvalue weighted by Gasteiger charge is 2.17. The molecule has 2 aromatic rings. The number of nitrogens with two attached hydrogens (primary N) is 2. The van der Waals surface area contributed by atoms with Crippen LogP contribution in [0.2, 0.25) is 0 Å². The summed E-state index contributed by atoms with van der Waals surface area (Å²) in [6, 6.07) is 13.0. The molecule has 0 aliphatic carbocycles. The van der Waals surface area contributed by atoms with Gasteiger partial charge in [0.05, 0.1) is 13.2 Å². The zero-order valence-electron chi connectivity index (χ0n) is 21.6. The minimum Gasteiger partial charge on any atom is -0.481 e. The highest BCUT2D eigenvalue weighted by molar-refractivity contribution is 5.76. The van der Waals surface area contributed by atoms with Crippen LogP contribution in [0.4, 0.5) is 0 Å². The molecular formula is C30H36N2O6. The van der Waals surface area contributed by atoms with Crippen LogP contribution in [0.15, 0.2) is 48.5 Å². The number of carbonyl (C=O) groups is 2. The molecule has 0 saturated heterocycles. The molecule has 2 rings (SSSR count). The molecule has 8 nitrogen and oxygen atoms in total. The zero-order valence-corrected chi connectivity index (χ0v) is 21.6. The van der Waals surface area contributed by atoms with Gasteiger partial charge in [-0.1, -0.05) is 36.1 Å². The predicted molar refractivity (Wildman–Crippen MR) is 145 cm³/mol. The van der Waals surface area contributed by atoms with Gasteiger partial charge in [-0.25, -0.2) is 0 Å². The Morgan fingerprint density at radius 2 is 1.03 bits per heavy atom. The van der Waals surface area contributed by atoms with Gasteiger partial charge in [-0.15, -0.1) is 12.8 Å². The van der Waals surface area contributed by atoms with Gasteiger partial charge in [-0.05, 0) is 73.9 Å². The van der Waals surface area contributed by atoms with Gasteiger partial charge in [0.1, 0.15) is 36.8 Å². The van der Waals surface area contributed by atoms with Crippen molar-refractivity contribution in [1.29, 1.82) is 0 Å². The van der Waals surface area contributed by atoms with Crippen LogP contribution in [-0.4, -0.2) is 50.4 Å². The van der Waals surface area contributed by atoms with E-state index in [0.29, 0.717) is 50.4 Å². The first kappa shape index (κ1) is 30.2. The lowest BCUT2D eigenvalue weighted by Gasteiger charge is -2.13. The summed E-state index contributed by atoms with van der Waals surface area (Å²) in [6.07, 6.45) is 14.1. The predicted octanol–water partition coefficient (Wildman–Crippen LogP) is 2.80. The Morgan fingerprint density at radius 3 is 1.37 bits per heavy atom. The fourth-order valence-corrected chi connectivity index (χ4v) is 3.49. The Kier molecular flexibility index (Phi) is 13.9. The number of esters is 2. The maximum atomic E-state index is 12.1. The molecule has 8 heteroatoms. The monoisotopic (exact) mass is 520 g/mol. The maximum Gasteiger partial charge on any atom is 0.323 e. The molecule has 4 N–H and O–H groups in total. The lowest BCUT2D eigenvalue weighted by Crippen LogP contribution is -2.34. The number of hydrogen-bond acceptors (Lipinski definition) is 8. The second kappa shape index (κ2) is 17.5. The molecule has 0 fully saturated rings. The lowest BCUT2D eigenvalue weighted by molar-refractivity contribution is -0.146. The van der Waals surface area contributed by atoms with Crippen LogP contribution in [0.25, 0.3) is 0 Å². The third kappa shape index (κ3) is 11.8. The van der Waals surface area contributed by atoms with Crippen LogP contribution >= 0.6 is 0 Å². The van der Waals surface area contributed by atoms with Crippen molar-refractivity contribution in [1.82, 2.24) is 0 Å². The van der Waals surface area contributed by atoms with E-state index in [4.69, 9.17) is 43.3 Å². The first-order chi connectivity index (χ1) is 18.4. The number of terminal acetylenes is 2. The van der Waals surface area contributed by atoms with Crippen molar-refractivity contribution in [3.8, 4) is 36.2 Å². The molecule has 2 aromatic carbocycles. The fourth-order valence-electron chi connectivity index (χ4n) is 3.49. The minimum atomic E-state index is -0.740. The summed E-state index contributed by atoms with van der Waals surface area (Å²) in [5.41, 5.74) is 13.7. The van der Waals surface area contributed by atoms with Crippen LogP contribution in [0.3, 0.4) is 0 Å². The molecule has 0 aliphatic rings. The second-order valence-electron chi connectivity index (χ2n) is 8.64. The van der Waals surface area contributed by atoms with E-state index >= 15 is 0 Å². The highest BCUT2D eigenvalue weighted by atomic mass is 16.5. The molecule has 0 heterocycles. The van der Waals surface area contributed by atoms with E-state index in [1.165, 1.54) is 0 Å². The van der Waals surface area contributed by atoms with Crippen LogP contribution in [0.5, 0.6) is 11.5 Å². The molecule has 0 saturated carbocycles. The highest BCUT2D eigenvalue weighted by Crippen LogP contribution is 2.14. The maximum absolute atomic E-state index is 12.1. The average Bonchev–Trinajstić information content (AvgIpc) is 2.93. The van der Waals surface area contributed by atoms with Crippen molar-refractivity contribution < 1.29 is 28.5 Å². The van der Waals surface area contributed by atoms with E-state index in [-0.39, 0.29) is 13.2 Å². The molecule has 0 amide bonds. The van der Waals surface area contributed by atoms with Gasteiger partial charge in [0.2, 0.25) is 0 Å². The molecule has 0 aliphatic heterocycles. The number of carbonyl (C=O) groups excluding carboxylic acids is 2. The smallest absolute Gasteiger partial charge is 0.323 e. The van der Waals surface area contributed by atoms with Gasteiger partial charge in [0.25, 0.3) is 0 Å². The first-order valence-electron chi connectivity index (χ1n) is 12.6. The molecular weight excluding hydrogens is 484 g/mol. The third-order valence-electron chi connectivity index (χ3n) is 5.54. The number of rotatable bonds is 17. The Hall–Kier alpha value is -3.98. The number of ether oxygens (including phenoxy) is 4. The van der Waals surface area contributed by atoms with E-state index < -0.39 is 24.0 Å². The SMILES string of the molecule is C#CCOc1ccc(CC(N)C(=O)OCCCCCCOC(=O)C(N)Cc2ccc(OCC#C)cc2)cc1. The van der Waals surface area contributed by atoms with Crippen molar-refractivity contribution in [3.05, 3.63) is 59.7 Å². The van der Waals surface area contributed by atoms with E-state index in [2.05, 4.69) is 11.8 Å². The molecule has 2 unspecified atom stereocenters. The van der Waals surface area contributed by atoms with Crippen LogP contribution < -0.4 is 20.9 Å². The number of benzene rings is 2. The van der Waals surface area contributed by atoms with E-state index in [1.807, 2.05) is 24.3 Å². The summed E-state index contributed by atoms with van der Waals surface area (Å²) in [4.78, 5) is 24.3. The van der Waals surface area contributed by atoms with Crippen molar-refractivity contribution in [2.45, 2.75) is 50.6 Å². The van der Waals surface area contributed by atoms with Crippen LogP contribution in [-0.2, 0) is 31.9 Å². The molecule has 0 aromatic heterocycles. The topological polar surface area (TPSA) is 123 Å². The van der Waals surface area contributed by atoms with Crippen molar-refractivity contribution in [2.24, 2.45) is 11.5 Å². The summed E-state index contributed by atoms with van der Waals surface area (Å²) < 4.78 is 21.2. The quantitative estimate of drug-likeness (QED) is 0.185. The van der Waals surface area contributed by atoms with Crippen molar-refractivity contribution in [2.75, 3.05) is 26.4 Å². The minimum absolute atomic E-state index is 0.200. The van der Waals surface area contributed by atoms with E-state index in [9.17, 15) is 9.59 Å². The Bertz CT molecular complexity index is 982. The summed E-state index contributed by atoms with van der Waals surface area (Å²) >= 11 is 0. The molecule has 0 radical (unpaired) electrons. The van der Waals surface area contributed by atoms with Crippen molar-refractivity contribution in [3.63, 3.8) is 0 Å². The summed E-state index contributed by atoms with van der Waals surface area (Å²) in [5.74, 6) is 5.26. The Morgan fingerprint density at radius 1 is 0.658 bits per heavy atom. The standard InChI is InChI=1S/C30H36N2O6/c1-3-17-35-25-13-9-23(10-14-25)21-27(31)29(33)37-19-7-5-6-8-20-38-30(34)28(32)22-24-11-15-26(16-12-24)36-18-4-2/h1-2,9-16,27-28H,5-8,17-22,31-32H2. The first-order valence-corrected chi connectivity index (χ1v) is 12.6. The Labute approximate surface area is 225 Å². The van der Waals surface area contributed by atoms with E-state index in [1.54, 1.807) is 24.3 Å². The second-order valence-corrected chi connectivity index (χ2v) is 8.64. The average molecular weight is 521 g/mol. The number of hydrogen-bond donors (Lipinski definition) is 2. The van der Waals surface area contributed by atoms with E-state index in [0.717, 1.165) is 24.0 Å².